The first-order valence-electron chi connectivity index (χ1n) is 9.08. The normalized spacial score (nSPS) is 10.4. The Hall–Kier alpha value is -3.84. The number of benzene rings is 3. The number of nitrogens with zero attached hydrogens (tertiary/aromatic N) is 1. The summed E-state index contributed by atoms with van der Waals surface area (Å²) in [5.41, 5.74) is 2.71. The maximum absolute atomic E-state index is 13.7. The van der Waals surface area contributed by atoms with Crippen LogP contribution in [-0.2, 0) is 0 Å². The van der Waals surface area contributed by atoms with Gasteiger partial charge in [0.05, 0.1) is 11.3 Å². The predicted molar refractivity (Wildman–Crippen MR) is 116 cm³/mol. The summed E-state index contributed by atoms with van der Waals surface area (Å²) in [4.78, 5) is 28.8. The molecule has 4 rings (SSSR count). The molecular weight excluding hydrogens is 401 g/mol. The molecule has 7 heteroatoms. The first kappa shape index (κ1) is 19.5. The summed E-state index contributed by atoms with van der Waals surface area (Å²) < 4.78 is 13.7. The summed E-state index contributed by atoms with van der Waals surface area (Å²) >= 11 is 1.25. The SMILES string of the molecule is O=C(Nc1ccc(-c2csc(NC(=O)c3ccccc3F)n2)cc1)c1ccccc1. The van der Waals surface area contributed by atoms with Gasteiger partial charge in [0.15, 0.2) is 5.13 Å². The van der Waals surface area contributed by atoms with Crippen molar-refractivity contribution in [3.63, 3.8) is 0 Å². The molecule has 4 aromatic rings. The summed E-state index contributed by atoms with van der Waals surface area (Å²) in [6.07, 6.45) is 0. The van der Waals surface area contributed by atoms with Crippen molar-refractivity contribution in [1.29, 1.82) is 0 Å². The van der Waals surface area contributed by atoms with E-state index < -0.39 is 11.7 Å². The van der Waals surface area contributed by atoms with Crippen LogP contribution in [0.1, 0.15) is 20.7 Å². The number of thiazole rings is 1. The van der Waals surface area contributed by atoms with E-state index in [2.05, 4.69) is 15.6 Å². The van der Waals surface area contributed by atoms with Gasteiger partial charge < -0.3 is 5.32 Å². The van der Waals surface area contributed by atoms with E-state index in [1.54, 1.807) is 35.7 Å². The first-order chi connectivity index (χ1) is 14.6. The van der Waals surface area contributed by atoms with Crippen molar-refractivity contribution in [3.05, 3.63) is 101 Å². The van der Waals surface area contributed by atoms with Gasteiger partial charge in [-0.3, -0.25) is 14.9 Å². The Morgan fingerprint density at radius 1 is 0.800 bits per heavy atom. The van der Waals surface area contributed by atoms with Gasteiger partial charge in [-0.1, -0.05) is 42.5 Å². The highest BCUT2D eigenvalue weighted by Gasteiger charge is 2.13. The lowest BCUT2D eigenvalue weighted by atomic mass is 10.1. The second kappa shape index (κ2) is 8.67. The number of rotatable bonds is 5. The van der Waals surface area contributed by atoms with Crippen LogP contribution in [0.15, 0.2) is 84.2 Å². The Morgan fingerprint density at radius 3 is 2.23 bits per heavy atom. The van der Waals surface area contributed by atoms with Crippen molar-refractivity contribution in [2.24, 2.45) is 0 Å². The van der Waals surface area contributed by atoms with Crippen molar-refractivity contribution in [2.75, 3.05) is 10.6 Å². The summed E-state index contributed by atoms with van der Waals surface area (Å²) in [5.74, 6) is -1.32. The fourth-order valence-electron chi connectivity index (χ4n) is 2.79. The van der Waals surface area contributed by atoms with Crippen molar-refractivity contribution in [3.8, 4) is 11.3 Å². The number of carbonyl (C=O) groups excluding carboxylic acids is 2. The minimum atomic E-state index is -0.583. The first-order valence-corrected chi connectivity index (χ1v) is 9.96. The zero-order valence-corrected chi connectivity index (χ0v) is 16.4. The predicted octanol–water partition coefficient (Wildman–Crippen LogP) is 5.45. The molecule has 1 aromatic heterocycles. The van der Waals surface area contributed by atoms with E-state index in [0.717, 1.165) is 5.56 Å². The molecule has 0 aliphatic heterocycles. The lowest BCUT2D eigenvalue weighted by Crippen LogP contribution is -2.13. The molecule has 2 N–H and O–H groups in total. The number of anilines is 2. The summed E-state index contributed by atoms with van der Waals surface area (Å²) in [5, 5.41) is 7.63. The number of aromatic nitrogens is 1. The monoisotopic (exact) mass is 417 g/mol. The standard InChI is InChI=1S/C23H16FN3O2S/c24-19-9-5-4-8-18(19)22(29)27-23-26-20(14-30-23)15-10-12-17(13-11-15)25-21(28)16-6-2-1-3-7-16/h1-14H,(H,25,28)(H,26,27,29). The largest absolute Gasteiger partial charge is 0.322 e. The second-order valence-corrected chi connectivity index (χ2v) is 7.23. The van der Waals surface area contributed by atoms with E-state index in [0.29, 0.717) is 22.1 Å². The molecule has 5 nitrogen and oxygen atoms in total. The van der Waals surface area contributed by atoms with Crippen LogP contribution in [0.25, 0.3) is 11.3 Å². The molecule has 2 amide bonds. The van der Waals surface area contributed by atoms with Crippen molar-refractivity contribution in [2.45, 2.75) is 0 Å². The van der Waals surface area contributed by atoms with Gasteiger partial charge >= 0.3 is 0 Å². The van der Waals surface area contributed by atoms with Gasteiger partial charge in [-0.25, -0.2) is 9.37 Å². The molecule has 0 saturated carbocycles. The molecule has 1 heterocycles. The van der Waals surface area contributed by atoms with E-state index in [1.807, 2.05) is 30.3 Å². The highest BCUT2D eigenvalue weighted by molar-refractivity contribution is 7.14. The molecule has 3 aromatic carbocycles. The van der Waals surface area contributed by atoms with E-state index in [-0.39, 0.29) is 11.5 Å². The number of amides is 2. The number of halogens is 1. The van der Waals surface area contributed by atoms with Crippen LogP contribution < -0.4 is 10.6 Å². The summed E-state index contributed by atoms with van der Waals surface area (Å²) in [6.45, 7) is 0. The fourth-order valence-corrected chi connectivity index (χ4v) is 3.51. The van der Waals surface area contributed by atoms with Crippen LogP contribution in [0.5, 0.6) is 0 Å². The van der Waals surface area contributed by atoms with Crippen molar-refractivity contribution >= 4 is 34.0 Å². The Labute approximate surface area is 176 Å². The second-order valence-electron chi connectivity index (χ2n) is 6.37. The number of hydrogen-bond acceptors (Lipinski definition) is 4. The van der Waals surface area contributed by atoms with Gasteiger partial charge in [-0.15, -0.1) is 11.3 Å². The maximum atomic E-state index is 13.7. The fraction of sp³-hybridized carbons (Fsp3) is 0. The molecule has 0 atom stereocenters. The van der Waals surface area contributed by atoms with Crippen LogP contribution in [-0.4, -0.2) is 16.8 Å². The minimum absolute atomic E-state index is 0.0345. The molecule has 0 aliphatic rings. The van der Waals surface area contributed by atoms with Gasteiger partial charge in [0.25, 0.3) is 11.8 Å². The van der Waals surface area contributed by atoms with Crippen LogP contribution in [0.2, 0.25) is 0 Å². The molecule has 0 saturated heterocycles. The minimum Gasteiger partial charge on any atom is -0.322 e. The number of hydrogen-bond donors (Lipinski definition) is 2. The molecule has 0 unspecified atom stereocenters. The topological polar surface area (TPSA) is 71.1 Å². The highest BCUT2D eigenvalue weighted by atomic mass is 32.1. The maximum Gasteiger partial charge on any atom is 0.260 e. The summed E-state index contributed by atoms with van der Waals surface area (Å²) in [7, 11) is 0. The lowest BCUT2D eigenvalue weighted by molar-refractivity contribution is 0.101. The van der Waals surface area contributed by atoms with Gasteiger partial charge in [-0.2, -0.15) is 0 Å². The Balaban J connectivity index is 1.43. The van der Waals surface area contributed by atoms with Crippen LogP contribution in [0.3, 0.4) is 0 Å². The average Bonchev–Trinajstić information content (AvgIpc) is 3.23. The van der Waals surface area contributed by atoms with Crippen LogP contribution in [0.4, 0.5) is 15.2 Å². The Morgan fingerprint density at radius 2 is 1.50 bits per heavy atom. The Bertz CT molecular complexity index is 1190. The van der Waals surface area contributed by atoms with Crippen LogP contribution in [0, 0.1) is 5.82 Å². The molecule has 0 fully saturated rings. The molecule has 0 bridgehead atoms. The zero-order valence-electron chi connectivity index (χ0n) is 15.6. The van der Waals surface area contributed by atoms with Crippen molar-refractivity contribution in [1.82, 2.24) is 4.98 Å². The average molecular weight is 417 g/mol. The van der Waals surface area contributed by atoms with Gasteiger partial charge in [0, 0.05) is 22.2 Å². The van der Waals surface area contributed by atoms with E-state index >= 15 is 0 Å². The third-order valence-corrected chi connectivity index (χ3v) is 5.08. The quantitative estimate of drug-likeness (QED) is 0.453. The third-order valence-electron chi connectivity index (χ3n) is 4.32. The number of carbonyl (C=O) groups is 2. The molecular formula is C23H16FN3O2S. The van der Waals surface area contributed by atoms with Crippen molar-refractivity contribution < 1.29 is 14.0 Å². The van der Waals surface area contributed by atoms with Crippen LogP contribution >= 0.6 is 11.3 Å². The smallest absolute Gasteiger partial charge is 0.260 e. The summed E-state index contributed by atoms with van der Waals surface area (Å²) in [6, 6.07) is 22.0. The highest BCUT2D eigenvalue weighted by Crippen LogP contribution is 2.26. The molecule has 30 heavy (non-hydrogen) atoms. The molecule has 148 valence electrons. The van der Waals surface area contributed by atoms with E-state index in [4.69, 9.17) is 0 Å². The Kier molecular flexibility index (Phi) is 5.63. The van der Waals surface area contributed by atoms with E-state index in [9.17, 15) is 14.0 Å². The molecule has 0 radical (unpaired) electrons. The van der Waals surface area contributed by atoms with E-state index in [1.165, 1.54) is 29.5 Å². The molecule has 0 spiro atoms. The zero-order chi connectivity index (χ0) is 20.9. The number of nitrogens with one attached hydrogen (secondary N) is 2. The lowest BCUT2D eigenvalue weighted by Gasteiger charge is -2.06. The molecule has 0 aliphatic carbocycles. The van der Waals surface area contributed by atoms with Gasteiger partial charge in [0.2, 0.25) is 0 Å². The van der Waals surface area contributed by atoms with Gasteiger partial charge in [-0.05, 0) is 36.4 Å². The third kappa shape index (κ3) is 4.42. The van der Waals surface area contributed by atoms with Gasteiger partial charge in [0.1, 0.15) is 5.82 Å².